The van der Waals surface area contributed by atoms with Crippen LogP contribution in [0.25, 0.3) is 0 Å². The zero-order valence-electron chi connectivity index (χ0n) is 8.52. The molecule has 0 aromatic heterocycles. The van der Waals surface area contributed by atoms with Gasteiger partial charge in [-0.2, -0.15) is 0 Å². The Kier molecular flexibility index (Phi) is 4.65. The normalized spacial score (nSPS) is 13.3. The van der Waals surface area contributed by atoms with E-state index in [0.29, 0.717) is 3.57 Å². The van der Waals surface area contributed by atoms with Crippen molar-refractivity contribution in [3.8, 4) is 5.75 Å². The summed E-state index contributed by atoms with van der Waals surface area (Å²) < 4.78 is 40.8. The molecule has 0 amide bonds. The fraction of sp³-hybridized carbons (Fsp3) is 0.300. The molecule has 0 aliphatic rings. The maximum atomic E-state index is 12.1. The van der Waals surface area contributed by atoms with Crippen LogP contribution in [0.4, 0.5) is 13.2 Å². The molecule has 0 bridgehead atoms. The van der Waals surface area contributed by atoms with Crippen molar-refractivity contribution < 1.29 is 22.7 Å². The van der Waals surface area contributed by atoms with E-state index in [1.165, 1.54) is 19.1 Å². The number of benzene rings is 1. The lowest BCUT2D eigenvalue weighted by Crippen LogP contribution is -2.20. The zero-order chi connectivity index (χ0) is 13.2. The highest BCUT2D eigenvalue weighted by Gasteiger charge is 2.33. The number of carbonyl (C=O) groups excluding carboxylic acids is 1. The van der Waals surface area contributed by atoms with Crippen LogP contribution in [0.5, 0.6) is 5.75 Å². The van der Waals surface area contributed by atoms with Crippen molar-refractivity contribution in [2.75, 3.05) is 0 Å². The standard InChI is InChI=1S/C10H7ClF3IO2/c1-5(11)9(16)7-4-6(15)2-3-8(7)17-10(12,13)14/h2-5H,1H3. The Morgan fingerprint density at radius 3 is 2.53 bits per heavy atom. The van der Waals surface area contributed by atoms with Gasteiger partial charge in [-0.3, -0.25) is 4.79 Å². The molecule has 2 nitrogen and oxygen atoms in total. The third kappa shape index (κ3) is 4.34. The first kappa shape index (κ1) is 14.6. The number of carbonyl (C=O) groups is 1. The van der Waals surface area contributed by atoms with Crippen LogP contribution in [0.15, 0.2) is 18.2 Å². The summed E-state index contributed by atoms with van der Waals surface area (Å²) >= 11 is 7.45. The highest BCUT2D eigenvalue weighted by atomic mass is 127. The minimum absolute atomic E-state index is 0.170. The van der Waals surface area contributed by atoms with Crippen molar-refractivity contribution in [1.29, 1.82) is 0 Å². The zero-order valence-corrected chi connectivity index (χ0v) is 11.4. The van der Waals surface area contributed by atoms with E-state index >= 15 is 0 Å². The largest absolute Gasteiger partial charge is 0.573 e. The number of halogens is 5. The van der Waals surface area contributed by atoms with Crippen LogP contribution in [0.2, 0.25) is 0 Å². The van der Waals surface area contributed by atoms with E-state index in [4.69, 9.17) is 11.6 Å². The lowest BCUT2D eigenvalue weighted by Gasteiger charge is -2.13. The van der Waals surface area contributed by atoms with Gasteiger partial charge in [0.25, 0.3) is 0 Å². The molecule has 0 saturated carbocycles. The van der Waals surface area contributed by atoms with Crippen LogP contribution in [0.3, 0.4) is 0 Å². The van der Waals surface area contributed by atoms with E-state index in [1.54, 1.807) is 0 Å². The lowest BCUT2D eigenvalue weighted by molar-refractivity contribution is -0.274. The topological polar surface area (TPSA) is 26.3 Å². The molecule has 0 heterocycles. The van der Waals surface area contributed by atoms with Crippen molar-refractivity contribution in [2.24, 2.45) is 0 Å². The van der Waals surface area contributed by atoms with E-state index < -0.39 is 23.3 Å². The fourth-order valence-electron chi connectivity index (χ4n) is 1.12. The van der Waals surface area contributed by atoms with E-state index in [0.717, 1.165) is 6.07 Å². The monoisotopic (exact) mass is 378 g/mol. The molecule has 0 N–H and O–H groups in total. The molecule has 1 rings (SSSR count). The van der Waals surface area contributed by atoms with Crippen LogP contribution in [0.1, 0.15) is 17.3 Å². The van der Waals surface area contributed by atoms with Gasteiger partial charge >= 0.3 is 6.36 Å². The maximum Gasteiger partial charge on any atom is 0.573 e. The molecular formula is C10H7ClF3IO2. The summed E-state index contributed by atoms with van der Waals surface area (Å²) in [6.45, 7) is 1.39. The number of hydrogen-bond donors (Lipinski definition) is 0. The molecule has 17 heavy (non-hydrogen) atoms. The summed E-state index contributed by atoms with van der Waals surface area (Å²) in [4.78, 5) is 11.6. The van der Waals surface area contributed by atoms with Gasteiger partial charge < -0.3 is 4.74 Å². The first-order valence-electron chi connectivity index (χ1n) is 4.44. The molecule has 94 valence electrons. The molecule has 0 saturated heterocycles. The summed E-state index contributed by atoms with van der Waals surface area (Å²) in [6, 6.07) is 3.82. The second-order valence-corrected chi connectivity index (χ2v) is 5.07. The first-order valence-corrected chi connectivity index (χ1v) is 5.96. The SMILES string of the molecule is CC(Cl)C(=O)c1cc(I)ccc1OC(F)(F)F. The Balaban J connectivity index is 3.17. The second-order valence-electron chi connectivity index (χ2n) is 3.17. The Bertz CT molecular complexity index is 432. The maximum absolute atomic E-state index is 12.1. The summed E-state index contributed by atoms with van der Waals surface area (Å²) in [7, 11) is 0. The van der Waals surface area contributed by atoms with E-state index in [9.17, 15) is 18.0 Å². The summed E-state index contributed by atoms with van der Waals surface area (Å²) in [5, 5.41) is -0.913. The van der Waals surface area contributed by atoms with Gasteiger partial charge in [0.2, 0.25) is 0 Å². The van der Waals surface area contributed by atoms with Gasteiger partial charge in [-0.25, -0.2) is 0 Å². The Morgan fingerprint density at radius 2 is 2.06 bits per heavy atom. The van der Waals surface area contributed by atoms with Crippen molar-refractivity contribution in [3.63, 3.8) is 0 Å². The van der Waals surface area contributed by atoms with Gasteiger partial charge in [-0.05, 0) is 47.7 Å². The smallest absolute Gasteiger partial charge is 0.405 e. The third-order valence-corrected chi connectivity index (χ3v) is 2.66. The molecule has 7 heteroatoms. The highest BCUT2D eigenvalue weighted by Crippen LogP contribution is 2.29. The van der Waals surface area contributed by atoms with E-state index in [-0.39, 0.29) is 5.56 Å². The average molecular weight is 379 g/mol. The molecular weight excluding hydrogens is 371 g/mol. The predicted molar refractivity (Wildman–Crippen MR) is 65.5 cm³/mol. The minimum Gasteiger partial charge on any atom is -0.405 e. The quantitative estimate of drug-likeness (QED) is 0.451. The number of rotatable bonds is 3. The number of hydrogen-bond acceptors (Lipinski definition) is 2. The molecule has 0 radical (unpaired) electrons. The van der Waals surface area contributed by atoms with Crippen molar-refractivity contribution >= 4 is 40.0 Å². The molecule has 1 atom stereocenters. The molecule has 1 aromatic carbocycles. The number of ketones is 1. The van der Waals surface area contributed by atoms with Crippen molar-refractivity contribution in [1.82, 2.24) is 0 Å². The summed E-state index contributed by atoms with van der Waals surface area (Å²) in [5.41, 5.74) is -0.170. The minimum atomic E-state index is -4.84. The number of ether oxygens (including phenoxy) is 1. The Hall–Kier alpha value is -0.500. The molecule has 1 unspecified atom stereocenters. The van der Waals surface area contributed by atoms with Crippen LogP contribution < -0.4 is 4.74 Å². The van der Waals surface area contributed by atoms with Gasteiger partial charge in [0, 0.05) is 3.57 Å². The summed E-state index contributed by atoms with van der Waals surface area (Å²) in [5.74, 6) is -1.14. The van der Waals surface area contributed by atoms with E-state index in [1.807, 2.05) is 22.6 Å². The fourth-order valence-corrected chi connectivity index (χ4v) is 1.73. The molecule has 0 fully saturated rings. The van der Waals surface area contributed by atoms with Crippen LogP contribution in [0, 0.1) is 3.57 Å². The Morgan fingerprint density at radius 1 is 1.47 bits per heavy atom. The van der Waals surface area contributed by atoms with Crippen molar-refractivity contribution in [2.45, 2.75) is 18.7 Å². The average Bonchev–Trinajstić information content (AvgIpc) is 2.17. The molecule has 0 aliphatic carbocycles. The van der Waals surface area contributed by atoms with Gasteiger partial charge in [0.15, 0.2) is 5.78 Å². The van der Waals surface area contributed by atoms with Crippen molar-refractivity contribution in [3.05, 3.63) is 27.3 Å². The first-order chi connectivity index (χ1) is 7.70. The van der Waals surface area contributed by atoms with Crippen LogP contribution in [-0.2, 0) is 0 Å². The third-order valence-electron chi connectivity index (χ3n) is 1.79. The van der Waals surface area contributed by atoms with Gasteiger partial charge in [0.05, 0.1) is 10.9 Å². The number of Topliss-reactive ketones (excluding diaryl/α,β-unsaturated/α-hetero) is 1. The van der Waals surface area contributed by atoms with Crippen LogP contribution in [-0.4, -0.2) is 17.5 Å². The van der Waals surface area contributed by atoms with Gasteiger partial charge in [-0.1, -0.05) is 0 Å². The highest BCUT2D eigenvalue weighted by molar-refractivity contribution is 14.1. The second kappa shape index (κ2) is 5.43. The predicted octanol–water partition coefficient (Wildman–Crippen LogP) is 4.00. The van der Waals surface area contributed by atoms with Crippen LogP contribution >= 0.6 is 34.2 Å². The van der Waals surface area contributed by atoms with E-state index in [2.05, 4.69) is 4.74 Å². The molecule has 0 aliphatic heterocycles. The molecule has 1 aromatic rings. The van der Waals surface area contributed by atoms with Gasteiger partial charge in [0.1, 0.15) is 5.75 Å². The molecule has 0 spiro atoms. The number of alkyl halides is 4. The summed E-state index contributed by atoms with van der Waals surface area (Å²) in [6.07, 6.45) is -4.84. The van der Waals surface area contributed by atoms with Gasteiger partial charge in [-0.15, -0.1) is 24.8 Å². The Labute approximate surface area is 114 Å². The lowest BCUT2D eigenvalue weighted by atomic mass is 10.1.